The van der Waals surface area contributed by atoms with Crippen LogP contribution in [0.5, 0.6) is 0 Å². The highest BCUT2D eigenvalue weighted by Gasteiger charge is 2.01. The van der Waals surface area contributed by atoms with Gasteiger partial charge in [0.15, 0.2) is 0 Å². The second-order valence-electron chi connectivity index (χ2n) is 3.45. The Morgan fingerprint density at radius 3 is 3.00 bits per heavy atom. The highest BCUT2D eigenvalue weighted by molar-refractivity contribution is 6.17. The van der Waals surface area contributed by atoms with Crippen molar-refractivity contribution in [3.05, 3.63) is 18.1 Å². The lowest BCUT2D eigenvalue weighted by atomic mass is 10.1. The summed E-state index contributed by atoms with van der Waals surface area (Å²) in [6.45, 7) is 4.96. The van der Waals surface area contributed by atoms with E-state index in [1.165, 1.54) is 0 Å². The van der Waals surface area contributed by atoms with Gasteiger partial charge in [-0.15, -0.1) is 11.6 Å². The van der Waals surface area contributed by atoms with E-state index in [0.717, 1.165) is 24.6 Å². The first kappa shape index (κ1) is 11.2. The lowest BCUT2D eigenvalue weighted by Gasteiger charge is -2.11. The summed E-state index contributed by atoms with van der Waals surface area (Å²) in [5, 5.41) is 3.26. The van der Waals surface area contributed by atoms with Gasteiger partial charge in [-0.2, -0.15) is 0 Å². The van der Waals surface area contributed by atoms with Crippen molar-refractivity contribution < 1.29 is 0 Å². The summed E-state index contributed by atoms with van der Waals surface area (Å²) in [4.78, 5) is 8.28. The minimum absolute atomic E-state index is 0.572. The molecule has 14 heavy (non-hydrogen) atoms. The van der Waals surface area contributed by atoms with Gasteiger partial charge in [-0.3, -0.25) is 0 Å². The molecular weight excluding hydrogens is 198 g/mol. The van der Waals surface area contributed by atoms with Crippen LogP contribution in [-0.2, 0) is 0 Å². The van der Waals surface area contributed by atoms with Crippen molar-refractivity contribution in [2.75, 3.05) is 17.7 Å². The Morgan fingerprint density at radius 2 is 2.36 bits per heavy atom. The van der Waals surface area contributed by atoms with Crippen molar-refractivity contribution >= 4 is 17.4 Å². The molecule has 0 radical (unpaired) electrons. The van der Waals surface area contributed by atoms with Crippen LogP contribution in [0.25, 0.3) is 0 Å². The predicted molar refractivity (Wildman–Crippen MR) is 59.8 cm³/mol. The van der Waals surface area contributed by atoms with Crippen molar-refractivity contribution in [1.29, 1.82) is 0 Å². The maximum Gasteiger partial charge on any atom is 0.129 e. The number of halogens is 1. The number of aromatic nitrogens is 2. The molecule has 0 aliphatic heterocycles. The van der Waals surface area contributed by atoms with Gasteiger partial charge >= 0.3 is 0 Å². The normalized spacial score (nSPS) is 12.5. The third-order valence-electron chi connectivity index (χ3n) is 2.01. The Bertz CT molecular complexity index is 278. The Hall–Kier alpha value is -0.830. The van der Waals surface area contributed by atoms with Gasteiger partial charge in [-0.05, 0) is 25.3 Å². The van der Waals surface area contributed by atoms with E-state index in [-0.39, 0.29) is 0 Å². The number of nitrogens with zero attached hydrogens (tertiary/aromatic N) is 2. The molecule has 1 atom stereocenters. The molecular formula is C10H16ClN3. The molecule has 1 aromatic rings. The molecule has 0 saturated carbocycles. The fourth-order valence-corrected chi connectivity index (χ4v) is 1.49. The lowest BCUT2D eigenvalue weighted by molar-refractivity contribution is 0.595. The van der Waals surface area contributed by atoms with E-state index < -0.39 is 0 Å². The van der Waals surface area contributed by atoms with Crippen LogP contribution in [-0.4, -0.2) is 22.4 Å². The zero-order valence-electron chi connectivity index (χ0n) is 8.63. The number of anilines is 1. The van der Waals surface area contributed by atoms with Crippen LogP contribution >= 0.6 is 11.6 Å². The van der Waals surface area contributed by atoms with Crippen LogP contribution in [0.4, 0.5) is 5.82 Å². The summed E-state index contributed by atoms with van der Waals surface area (Å²) in [6.07, 6.45) is 2.79. The molecule has 0 bridgehead atoms. The van der Waals surface area contributed by atoms with Gasteiger partial charge in [0.05, 0.1) is 0 Å². The first-order valence-electron chi connectivity index (χ1n) is 4.82. The first-order valence-corrected chi connectivity index (χ1v) is 5.35. The fraction of sp³-hybridized carbons (Fsp3) is 0.600. The molecule has 1 rings (SSSR count). The predicted octanol–water partition coefficient (Wildman–Crippen LogP) is 2.46. The van der Waals surface area contributed by atoms with Crippen LogP contribution in [0, 0.1) is 12.8 Å². The van der Waals surface area contributed by atoms with Crippen molar-refractivity contribution in [1.82, 2.24) is 9.97 Å². The summed E-state index contributed by atoms with van der Waals surface area (Å²) in [5.41, 5.74) is 0. The average molecular weight is 214 g/mol. The second kappa shape index (κ2) is 5.81. The number of nitrogens with one attached hydrogen (secondary N) is 1. The molecule has 0 aliphatic rings. The minimum atomic E-state index is 0.572. The highest BCUT2D eigenvalue weighted by Crippen LogP contribution is 2.06. The quantitative estimate of drug-likeness (QED) is 0.764. The summed E-state index contributed by atoms with van der Waals surface area (Å²) in [6, 6.07) is 1.88. The molecule has 0 aliphatic carbocycles. The Labute approximate surface area is 89.9 Å². The van der Waals surface area contributed by atoms with Crippen LogP contribution in [0.1, 0.15) is 19.2 Å². The molecule has 78 valence electrons. The smallest absolute Gasteiger partial charge is 0.129 e. The van der Waals surface area contributed by atoms with E-state index in [4.69, 9.17) is 11.6 Å². The summed E-state index contributed by atoms with van der Waals surface area (Å²) < 4.78 is 0. The molecule has 0 aromatic carbocycles. The zero-order valence-corrected chi connectivity index (χ0v) is 9.38. The molecule has 0 saturated heterocycles. The Morgan fingerprint density at radius 1 is 1.57 bits per heavy atom. The molecule has 0 amide bonds. The van der Waals surface area contributed by atoms with Gasteiger partial charge in [0, 0.05) is 18.6 Å². The van der Waals surface area contributed by atoms with Crippen molar-refractivity contribution in [3.8, 4) is 0 Å². The van der Waals surface area contributed by atoms with E-state index >= 15 is 0 Å². The monoisotopic (exact) mass is 213 g/mol. The number of hydrogen-bond acceptors (Lipinski definition) is 3. The van der Waals surface area contributed by atoms with Crippen molar-refractivity contribution in [2.45, 2.75) is 20.3 Å². The zero-order chi connectivity index (χ0) is 10.4. The first-order chi connectivity index (χ1) is 6.72. The summed E-state index contributed by atoms with van der Waals surface area (Å²) in [5.74, 6) is 2.97. The van der Waals surface area contributed by atoms with Crippen LogP contribution < -0.4 is 5.32 Å². The standard InChI is InChI=1S/C10H16ClN3/c1-8(3-5-11)7-13-10-4-6-12-9(2)14-10/h4,6,8H,3,5,7H2,1-2H3,(H,12,13,14). The molecule has 0 fully saturated rings. The molecule has 1 unspecified atom stereocenters. The number of alkyl halides is 1. The van der Waals surface area contributed by atoms with Crippen LogP contribution in [0.3, 0.4) is 0 Å². The van der Waals surface area contributed by atoms with Gasteiger partial charge in [0.1, 0.15) is 11.6 Å². The molecule has 4 heteroatoms. The summed E-state index contributed by atoms with van der Waals surface area (Å²) in [7, 11) is 0. The van der Waals surface area contributed by atoms with Gasteiger partial charge < -0.3 is 5.32 Å². The molecule has 1 N–H and O–H groups in total. The second-order valence-corrected chi connectivity index (χ2v) is 3.83. The van der Waals surface area contributed by atoms with Crippen molar-refractivity contribution in [2.24, 2.45) is 5.92 Å². The van der Waals surface area contributed by atoms with Gasteiger partial charge in [0.25, 0.3) is 0 Å². The van der Waals surface area contributed by atoms with E-state index in [2.05, 4.69) is 22.2 Å². The average Bonchev–Trinajstić information content (AvgIpc) is 2.15. The largest absolute Gasteiger partial charge is 0.370 e. The highest BCUT2D eigenvalue weighted by atomic mass is 35.5. The topological polar surface area (TPSA) is 37.8 Å². The van der Waals surface area contributed by atoms with Gasteiger partial charge in [-0.25, -0.2) is 9.97 Å². The third kappa shape index (κ3) is 3.92. The van der Waals surface area contributed by atoms with E-state index in [0.29, 0.717) is 11.8 Å². The number of hydrogen-bond donors (Lipinski definition) is 1. The third-order valence-corrected chi connectivity index (χ3v) is 2.23. The SMILES string of the molecule is Cc1nccc(NCC(C)CCCl)n1. The Balaban J connectivity index is 2.37. The Kier molecular flexibility index (Phi) is 4.66. The van der Waals surface area contributed by atoms with Crippen LogP contribution in [0.15, 0.2) is 12.3 Å². The lowest BCUT2D eigenvalue weighted by Crippen LogP contribution is -2.12. The molecule has 0 spiro atoms. The number of rotatable bonds is 5. The molecule has 1 heterocycles. The summed E-state index contributed by atoms with van der Waals surface area (Å²) >= 11 is 5.65. The van der Waals surface area contributed by atoms with E-state index in [1.54, 1.807) is 6.20 Å². The minimum Gasteiger partial charge on any atom is -0.370 e. The van der Waals surface area contributed by atoms with Gasteiger partial charge in [0.2, 0.25) is 0 Å². The maximum atomic E-state index is 5.65. The van der Waals surface area contributed by atoms with Crippen LogP contribution in [0.2, 0.25) is 0 Å². The molecule has 1 aromatic heterocycles. The molecule has 3 nitrogen and oxygen atoms in total. The maximum absolute atomic E-state index is 5.65. The number of aryl methyl sites for hydroxylation is 1. The van der Waals surface area contributed by atoms with E-state index in [9.17, 15) is 0 Å². The van der Waals surface area contributed by atoms with Crippen molar-refractivity contribution in [3.63, 3.8) is 0 Å². The van der Waals surface area contributed by atoms with Gasteiger partial charge in [-0.1, -0.05) is 6.92 Å². The fourth-order valence-electron chi connectivity index (χ4n) is 1.12. The van der Waals surface area contributed by atoms with E-state index in [1.807, 2.05) is 13.0 Å².